The fourth-order valence-electron chi connectivity index (χ4n) is 3.49. The van der Waals surface area contributed by atoms with E-state index in [2.05, 4.69) is 34.7 Å². The van der Waals surface area contributed by atoms with Gasteiger partial charge in [0.25, 0.3) is 0 Å². The lowest BCUT2D eigenvalue weighted by Crippen LogP contribution is -2.33. The summed E-state index contributed by atoms with van der Waals surface area (Å²) in [5, 5.41) is 9.83. The minimum atomic E-state index is -0.225. The van der Waals surface area contributed by atoms with Gasteiger partial charge in [0.15, 0.2) is 0 Å². The Balaban J connectivity index is 1.62. The molecule has 0 N–H and O–H groups in total. The van der Waals surface area contributed by atoms with Crippen molar-refractivity contribution in [2.45, 2.75) is 18.7 Å². The van der Waals surface area contributed by atoms with Gasteiger partial charge < -0.3 is 4.74 Å². The second-order valence-electron chi connectivity index (χ2n) is 6.19. The number of hydrogen-bond donors (Lipinski definition) is 0. The predicted octanol–water partition coefficient (Wildman–Crippen LogP) is 5.64. The number of hydrogen-bond acceptors (Lipinski definition) is 4. The molecule has 2 aromatic carbocycles. The lowest BCUT2D eigenvalue weighted by molar-refractivity contribution is -0.0190. The third kappa shape index (κ3) is 2.53. The maximum absolute atomic E-state index is 6.32. The Kier molecular flexibility index (Phi) is 3.54. The Hall–Kier alpha value is -2.30. The molecule has 3 aromatic rings. The number of thiophene rings is 1. The summed E-state index contributed by atoms with van der Waals surface area (Å²) in [5.41, 5.74) is 3.32. The Labute approximate surface area is 155 Å². The van der Waals surface area contributed by atoms with Crippen LogP contribution in [-0.2, 0) is 0 Å². The van der Waals surface area contributed by atoms with Gasteiger partial charge in [0, 0.05) is 22.6 Å². The highest BCUT2D eigenvalue weighted by molar-refractivity contribution is 7.12. The number of benzene rings is 2. The molecule has 3 nitrogen and oxygen atoms in total. The van der Waals surface area contributed by atoms with Crippen molar-refractivity contribution >= 4 is 28.6 Å². The van der Waals surface area contributed by atoms with Crippen LogP contribution in [0.3, 0.4) is 0 Å². The summed E-state index contributed by atoms with van der Waals surface area (Å²) in [4.78, 5) is 1.21. The topological polar surface area (TPSA) is 24.8 Å². The van der Waals surface area contributed by atoms with E-state index in [0.29, 0.717) is 0 Å². The minimum Gasteiger partial charge on any atom is -0.464 e. The SMILES string of the molecule is Clc1ccc2c(c1)C1CC(c3cccs3)=NN1C(c1ccccc1)O2. The van der Waals surface area contributed by atoms with Crippen molar-refractivity contribution in [2.75, 3.05) is 0 Å². The van der Waals surface area contributed by atoms with Crippen molar-refractivity contribution in [3.8, 4) is 5.75 Å². The number of hydrazone groups is 1. The molecule has 5 heteroatoms. The van der Waals surface area contributed by atoms with Gasteiger partial charge in [-0.15, -0.1) is 11.3 Å². The molecule has 5 rings (SSSR count). The van der Waals surface area contributed by atoms with Crippen LogP contribution in [0, 0.1) is 0 Å². The molecule has 1 aromatic heterocycles. The molecular weight excluding hydrogens is 352 g/mol. The molecule has 0 saturated carbocycles. The van der Waals surface area contributed by atoms with Gasteiger partial charge in [0.1, 0.15) is 5.75 Å². The van der Waals surface area contributed by atoms with Crippen LogP contribution in [0.25, 0.3) is 0 Å². The molecule has 2 aliphatic rings. The van der Waals surface area contributed by atoms with Crippen LogP contribution in [-0.4, -0.2) is 10.7 Å². The van der Waals surface area contributed by atoms with Gasteiger partial charge >= 0.3 is 0 Å². The molecule has 124 valence electrons. The number of fused-ring (bicyclic) bond motifs is 3. The summed E-state index contributed by atoms with van der Waals surface area (Å²) >= 11 is 7.97. The first kappa shape index (κ1) is 15.0. The highest BCUT2D eigenvalue weighted by Gasteiger charge is 2.41. The maximum atomic E-state index is 6.32. The highest BCUT2D eigenvalue weighted by atomic mass is 35.5. The van der Waals surface area contributed by atoms with Crippen molar-refractivity contribution in [3.05, 3.63) is 87.1 Å². The first-order chi connectivity index (χ1) is 12.3. The normalized spacial score (nSPS) is 21.3. The molecule has 2 aliphatic heterocycles. The van der Waals surface area contributed by atoms with Gasteiger partial charge in [-0.2, -0.15) is 5.10 Å². The summed E-state index contributed by atoms with van der Waals surface area (Å²) in [7, 11) is 0. The number of nitrogens with zero attached hydrogens (tertiary/aromatic N) is 2. The highest BCUT2D eigenvalue weighted by Crippen LogP contribution is 2.48. The van der Waals surface area contributed by atoms with Crippen LogP contribution in [0.4, 0.5) is 0 Å². The van der Waals surface area contributed by atoms with Crippen molar-refractivity contribution in [3.63, 3.8) is 0 Å². The molecule has 2 atom stereocenters. The molecule has 2 unspecified atom stereocenters. The Morgan fingerprint density at radius 2 is 1.96 bits per heavy atom. The number of ether oxygens (including phenoxy) is 1. The van der Waals surface area contributed by atoms with Crippen molar-refractivity contribution < 1.29 is 4.74 Å². The van der Waals surface area contributed by atoms with E-state index in [1.165, 1.54) is 4.88 Å². The van der Waals surface area contributed by atoms with E-state index >= 15 is 0 Å². The van der Waals surface area contributed by atoms with Crippen LogP contribution in [0.5, 0.6) is 5.75 Å². The van der Waals surface area contributed by atoms with Crippen LogP contribution in [0.2, 0.25) is 5.02 Å². The van der Waals surface area contributed by atoms with E-state index in [1.54, 1.807) is 11.3 Å². The molecule has 0 spiro atoms. The molecule has 0 bridgehead atoms. The van der Waals surface area contributed by atoms with Gasteiger partial charge in [0.2, 0.25) is 6.23 Å². The molecule has 25 heavy (non-hydrogen) atoms. The van der Waals surface area contributed by atoms with Gasteiger partial charge in [-0.1, -0.05) is 48.0 Å². The molecule has 0 fully saturated rings. The zero-order valence-corrected chi connectivity index (χ0v) is 14.9. The van der Waals surface area contributed by atoms with Gasteiger partial charge in [-0.05, 0) is 29.6 Å². The smallest absolute Gasteiger partial charge is 0.213 e. The Morgan fingerprint density at radius 1 is 1.08 bits per heavy atom. The first-order valence-corrected chi connectivity index (χ1v) is 9.46. The first-order valence-electron chi connectivity index (χ1n) is 8.20. The van der Waals surface area contributed by atoms with Crippen LogP contribution in [0.1, 0.15) is 34.7 Å². The third-order valence-electron chi connectivity index (χ3n) is 4.64. The van der Waals surface area contributed by atoms with Crippen molar-refractivity contribution in [2.24, 2.45) is 5.10 Å². The fourth-order valence-corrected chi connectivity index (χ4v) is 4.39. The van der Waals surface area contributed by atoms with Gasteiger partial charge in [-0.3, -0.25) is 0 Å². The van der Waals surface area contributed by atoms with E-state index < -0.39 is 0 Å². The van der Waals surface area contributed by atoms with Crippen LogP contribution in [0.15, 0.2) is 71.1 Å². The minimum absolute atomic E-state index is 0.143. The van der Waals surface area contributed by atoms with E-state index in [0.717, 1.165) is 34.0 Å². The average Bonchev–Trinajstić information content (AvgIpc) is 3.31. The molecule has 0 saturated heterocycles. The van der Waals surface area contributed by atoms with E-state index in [1.807, 2.05) is 36.4 Å². The third-order valence-corrected chi connectivity index (χ3v) is 5.80. The second-order valence-corrected chi connectivity index (χ2v) is 7.57. The van der Waals surface area contributed by atoms with Crippen LogP contribution >= 0.6 is 22.9 Å². The summed E-state index contributed by atoms with van der Waals surface area (Å²) in [6.45, 7) is 0. The quantitative estimate of drug-likeness (QED) is 0.586. The number of halogens is 1. The van der Waals surface area contributed by atoms with Gasteiger partial charge in [-0.25, -0.2) is 5.01 Å². The van der Waals surface area contributed by atoms with Crippen molar-refractivity contribution in [1.29, 1.82) is 0 Å². The zero-order chi connectivity index (χ0) is 16.8. The average molecular weight is 367 g/mol. The largest absolute Gasteiger partial charge is 0.464 e. The summed E-state index contributed by atoms with van der Waals surface area (Å²) in [5.74, 6) is 0.891. The molecule has 0 radical (unpaired) electrons. The van der Waals surface area contributed by atoms with E-state index in [9.17, 15) is 0 Å². The summed E-state index contributed by atoms with van der Waals surface area (Å²) in [6.07, 6.45) is 0.637. The summed E-state index contributed by atoms with van der Waals surface area (Å²) in [6, 6.07) is 20.4. The number of rotatable bonds is 2. The molecule has 0 amide bonds. The zero-order valence-electron chi connectivity index (χ0n) is 13.3. The van der Waals surface area contributed by atoms with Crippen molar-refractivity contribution in [1.82, 2.24) is 5.01 Å². The molecule has 0 aliphatic carbocycles. The standard InChI is InChI=1S/C20H15ClN2OS/c21-14-8-9-18-15(11-14)17-12-16(19-7-4-10-25-19)22-23(17)20(24-18)13-5-2-1-3-6-13/h1-11,17,20H,12H2. The lowest BCUT2D eigenvalue weighted by Gasteiger charge is -2.38. The monoisotopic (exact) mass is 366 g/mol. The Morgan fingerprint density at radius 3 is 2.76 bits per heavy atom. The van der Waals surface area contributed by atoms with Gasteiger partial charge in [0.05, 0.1) is 16.6 Å². The molecule has 3 heterocycles. The molecular formula is C20H15ClN2OS. The second kappa shape index (κ2) is 5.90. The predicted molar refractivity (Wildman–Crippen MR) is 101 cm³/mol. The lowest BCUT2D eigenvalue weighted by atomic mass is 9.97. The van der Waals surface area contributed by atoms with E-state index in [4.69, 9.17) is 21.4 Å². The fraction of sp³-hybridized carbons (Fsp3) is 0.150. The van der Waals surface area contributed by atoms with E-state index in [-0.39, 0.29) is 12.3 Å². The van der Waals surface area contributed by atoms with Crippen LogP contribution < -0.4 is 4.74 Å². The summed E-state index contributed by atoms with van der Waals surface area (Å²) < 4.78 is 6.32. The maximum Gasteiger partial charge on any atom is 0.213 e. The Bertz CT molecular complexity index is 940.